The zero-order chi connectivity index (χ0) is 12.6. The van der Waals surface area contributed by atoms with Crippen molar-refractivity contribution in [3.05, 3.63) is 0 Å². The summed E-state index contributed by atoms with van der Waals surface area (Å²) in [6, 6.07) is 1.95. The summed E-state index contributed by atoms with van der Waals surface area (Å²) in [5, 5.41) is 14.0. The van der Waals surface area contributed by atoms with E-state index in [2.05, 4.69) is 10.6 Å². The highest BCUT2D eigenvalue weighted by Gasteiger charge is 2.20. The van der Waals surface area contributed by atoms with Crippen molar-refractivity contribution in [2.45, 2.75) is 27.2 Å². The van der Waals surface area contributed by atoms with Crippen LogP contribution in [0, 0.1) is 23.2 Å². The van der Waals surface area contributed by atoms with Crippen molar-refractivity contribution in [1.82, 2.24) is 10.6 Å². The normalized spacial score (nSPS) is 11.7. The van der Waals surface area contributed by atoms with Crippen molar-refractivity contribution in [1.29, 1.82) is 5.26 Å². The summed E-state index contributed by atoms with van der Waals surface area (Å²) in [4.78, 5) is 22.6. The predicted octanol–water partition coefficient (Wildman–Crippen LogP) is 0.425. The molecule has 0 saturated carbocycles. The largest absolute Gasteiger partial charge is 0.356 e. The zero-order valence-electron chi connectivity index (χ0n) is 10.0. The molecule has 0 radical (unpaired) electrons. The Hall–Kier alpha value is -1.57. The van der Waals surface area contributed by atoms with Gasteiger partial charge in [-0.05, 0) is 12.8 Å². The quantitative estimate of drug-likeness (QED) is 0.687. The van der Waals surface area contributed by atoms with Crippen LogP contribution in [0.2, 0.25) is 0 Å². The number of rotatable bonds is 6. The minimum Gasteiger partial charge on any atom is -0.356 e. The highest BCUT2D eigenvalue weighted by molar-refractivity contribution is 5.82. The third-order valence-electron chi connectivity index (χ3n) is 2.11. The van der Waals surface area contributed by atoms with Gasteiger partial charge < -0.3 is 10.6 Å². The standard InChI is InChI=1S/C11H19N3O2/c1-4-13-10(15)5-6-14-11(16)9(7-12)8(2)3/h8-9H,4-6H2,1-3H3,(H,13,15)(H,14,16). The number of carbonyl (C=O) groups is 2. The van der Waals surface area contributed by atoms with Crippen molar-refractivity contribution in [2.24, 2.45) is 11.8 Å². The molecule has 0 aromatic carbocycles. The number of carbonyl (C=O) groups excluding carboxylic acids is 2. The van der Waals surface area contributed by atoms with Crippen molar-refractivity contribution < 1.29 is 9.59 Å². The van der Waals surface area contributed by atoms with E-state index in [1.807, 2.05) is 26.8 Å². The number of amides is 2. The number of hydrogen-bond donors (Lipinski definition) is 2. The summed E-state index contributed by atoms with van der Waals surface area (Å²) in [7, 11) is 0. The zero-order valence-corrected chi connectivity index (χ0v) is 10.0. The highest BCUT2D eigenvalue weighted by atomic mass is 16.2. The van der Waals surface area contributed by atoms with E-state index in [1.165, 1.54) is 0 Å². The molecule has 0 fully saturated rings. The van der Waals surface area contributed by atoms with Crippen LogP contribution in [0.3, 0.4) is 0 Å². The number of nitrogens with one attached hydrogen (secondary N) is 2. The monoisotopic (exact) mass is 225 g/mol. The van der Waals surface area contributed by atoms with Crippen LogP contribution in [0.4, 0.5) is 0 Å². The van der Waals surface area contributed by atoms with Crippen molar-refractivity contribution in [3.8, 4) is 6.07 Å². The van der Waals surface area contributed by atoms with Crippen LogP contribution in [0.25, 0.3) is 0 Å². The molecule has 0 bridgehead atoms. The minimum atomic E-state index is -0.644. The Morgan fingerprint density at radius 1 is 1.31 bits per heavy atom. The number of nitrogens with zero attached hydrogens (tertiary/aromatic N) is 1. The first-order valence-electron chi connectivity index (χ1n) is 5.47. The maximum absolute atomic E-state index is 11.5. The molecule has 2 amide bonds. The summed E-state index contributed by atoms with van der Waals surface area (Å²) < 4.78 is 0. The summed E-state index contributed by atoms with van der Waals surface area (Å²) in [5.74, 6) is -1.06. The van der Waals surface area contributed by atoms with Crippen LogP contribution >= 0.6 is 0 Å². The first kappa shape index (κ1) is 14.4. The molecule has 0 aliphatic carbocycles. The molecule has 16 heavy (non-hydrogen) atoms. The van der Waals surface area contributed by atoms with E-state index in [0.717, 1.165) is 0 Å². The van der Waals surface area contributed by atoms with Crippen LogP contribution in [0.15, 0.2) is 0 Å². The lowest BCUT2D eigenvalue weighted by molar-refractivity contribution is -0.124. The van der Waals surface area contributed by atoms with Crippen LogP contribution in [0.1, 0.15) is 27.2 Å². The summed E-state index contributed by atoms with van der Waals surface area (Å²) in [6.07, 6.45) is 0.246. The average molecular weight is 225 g/mol. The summed E-state index contributed by atoms with van der Waals surface area (Å²) >= 11 is 0. The van der Waals surface area contributed by atoms with Gasteiger partial charge in [-0.1, -0.05) is 13.8 Å². The first-order chi connectivity index (χ1) is 7.52. The molecule has 5 heteroatoms. The molecule has 1 atom stereocenters. The molecule has 0 heterocycles. The Morgan fingerprint density at radius 3 is 2.38 bits per heavy atom. The van der Waals surface area contributed by atoms with E-state index in [0.29, 0.717) is 6.54 Å². The predicted molar refractivity (Wildman–Crippen MR) is 60.3 cm³/mol. The van der Waals surface area contributed by atoms with Gasteiger partial charge in [0.05, 0.1) is 6.07 Å². The van der Waals surface area contributed by atoms with Crippen molar-refractivity contribution in [2.75, 3.05) is 13.1 Å². The van der Waals surface area contributed by atoms with Gasteiger partial charge in [0.1, 0.15) is 5.92 Å². The van der Waals surface area contributed by atoms with E-state index in [9.17, 15) is 9.59 Å². The van der Waals surface area contributed by atoms with Crippen molar-refractivity contribution >= 4 is 11.8 Å². The van der Waals surface area contributed by atoms with Crippen LogP contribution in [-0.2, 0) is 9.59 Å². The second kappa shape index (κ2) is 7.69. The second-order valence-electron chi connectivity index (χ2n) is 3.85. The molecule has 0 rings (SSSR count). The maximum Gasteiger partial charge on any atom is 0.237 e. The lowest BCUT2D eigenvalue weighted by Crippen LogP contribution is -2.35. The molecule has 90 valence electrons. The van der Waals surface area contributed by atoms with Gasteiger partial charge in [-0.25, -0.2) is 0 Å². The van der Waals surface area contributed by atoms with Gasteiger partial charge in [0.25, 0.3) is 0 Å². The second-order valence-corrected chi connectivity index (χ2v) is 3.85. The van der Waals surface area contributed by atoms with Gasteiger partial charge in [0, 0.05) is 19.5 Å². The lowest BCUT2D eigenvalue weighted by atomic mass is 9.97. The van der Waals surface area contributed by atoms with Gasteiger partial charge in [0.2, 0.25) is 11.8 Å². The molecule has 0 aliphatic rings. The van der Waals surface area contributed by atoms with E-state index in [1.54, 1.807) is 0 Å². The van der Waals surface area contributed by atoms with Gasteiger partial charge in [-0.2, -0.15) is 5.26 Å². The van der Waals surface area contributed by atoms with E-state index < -0.39 is 5.92 Å². The Bertz CT molecular complexity index is 281. The third-order valence-corrected chi connectivity index (χ3v) is 2.11. The van der Waals surface area contributed by atoms with E-state index in [4.69, 9.17) is 5.26 Å². The fraction of sp³-hybridized carbons (Fsp3) is 0.727. The van der Waals surface area contributed by atoms with Gasteiger partial charge in [0.15, 0.2) is 0 Å². The average Bonchev–Trinajstić information content (AvgIpc) is 2.18. The maximum atomic E-state index is 11.5. The van der Waals surface area contributed by atoms with E-state index in [-0.39, 0.29) is 30.7 Å². The topological polar surface area (TPSA) is 82.0 Å². The molecular weight excluding hydrogens is 206 g/mol. The molecule has 1 unspecified atom stereocenters. The van der Waals surface area contributed by atoms with Crippen LogP contribution in [0.5, 0.6) is 0 Å². The Kier molecular flexibility index (Phi) is 6.93. The van der Waals surface area contributed by atoms with Crippen LogP contribution < -0.4 is 10.6 Å². The van der Waals surface area contributed by atoms with Gasteiger partial charge in [-0.3, -0.25) is 9.59 Å². The van der Waals surface area contributed by atoms with Crippen molar-refractivity contribution in [3.63, 3.8) is 0 Å². The molecule has 0 aromatic heterocycles. The highest BCUT2D eigenvalue weighted by Crippen LogP contribution is 2.08. The number of hydrogen-bond acceptors (Lipinski definition) is 3. The number of nitriles is 1. The fourth-order valence-electron chi connectivity index (χ4n) is 1.21. The smallest absolute Gasteiger partial charge is 0.237 e. The Morgan fingerprint density at radius 2 is 1.94 bits per heavy atom. The molecule has 2 N–H and O–H groups in total. The molecule has 0 aliphatic heterocycles. The Labute approximate surface area is 96.2 Å². The molecule has 0 saturated heterocycles. The van der Waals surface area contributed by atoms with Crippen LogP contribution in [-0.4, -0.2) is 24.9 Å². The summed E-state index contributed by atoms with van der Waals surface area (Å²) in [5.41, 5.74) is 0. The van der Waals surface area contributed by atoms with Gasteiger partial charge >= 0.3 is 0 Å². The van der Waals surface area contributed by atoms with Gasteiger partial charge in [-0.15, -0.1) is 0 Å². The first-order valence-corrected chi connectivity index (χ1v) is 5.47. The summed E-state index contributed by atoms with van der Waals surface area (Å²) in [6.45, 7) is 6.32. The fourth-order valence-corrected chi connectivity index (χ4v) is 1.21. The third kappa shape index (κ3) is 5.35. The molecule has 0 spiro atoms. The molecule has 0 aromatic rings. The SMILES string of the molecule is CCNC(=O)CCNC(=O)C(C#N)C(C)C. The lowest BCUT2D eigenvalue weighted by Gasteiger charge is -2.12. The van der Waals surface area contributed by atoms with E-state index >= 15 is 0 Å². The molecular formula is C11H19N3O2. The minimum absolute atomic E-state index is 0.0190. The Balaban J connectivity index is 3.90. The molecule has 5 nitrogen and oxygen atoms in total.